The van der Waals surface area contributed by atoms with Gasteiger partial charge in [-0.3, -0.25) is 0 Å². The highest BCUT2D eigenvalue weighted by molar-refractivity contribution is 5.42. The molecule has 2 aromatic rings. The van der Waals surface area contributed by atoms with E-state index in [9.17, 15) is 0 Å². The van der Waals surface area contributed by atoms with E-state index >= 15 is 0 Å². The molecule has 0 spiro atoms. The zero-order valence-electron chi connectivity index (χ0n) is 12.8. The molecule has 1 aromatic carbocycles. The van der Waals surface area contributed by atoms with Gasteiger partial charge in [-0.2, -0.15) is 4.98 Å². The van der Waals surface area contributed by atoms with Crippen LogP contribution in [0, 0.1) is 0 Å². The highest BCUT2D eigenvalue weighted by Gasteiger charge is 2.12. The van der Waals surface area contributed by atoms with Crippen molar-refractivity contribution in [3.8, 4) is 11.6 Å². The number of hydrogen-bond acceptors (Lipinski definition) is 5. The van der Waals surface area contributed by atoms with E-state index < -0.39 is 0 Å². The van der Waals surface area contributed by atoms with Gasteiger partial charge in [-0.05, 0) is 24.0 Å². The number of ether oxygens (including phenoxy) is 1. The maximum Gasteiger partial charge on any atom is 0.224 e. The molecule has 5 heteroatoms. The van der Waals surface area contributed by atoms with Crippen molar-refractivity contribution in [2.75, 3.05) is 5.43 Å². The van der Waals surface area contributed by atoms with Gasteiger partial charge in [0.2, 0.25) is 5.88 Å². The fourth-order valence-electron chi connectivity index (χ4n) is 2.07. The quantitative estimate of drug-likeness (QED) is 0.626. The molecule has 1 heterocycles. The first-order valence-electron chi connectivity index (χ1n) is 7.29. The minimum Gasteiger partial charge on any atom is -0.439 e. The second-order valence-electron chi connectivity index (χ2n) is 4.95. The average molecular weight is 286 g/mol. The van der Waals surface area contributed by atoms with Crippen molar-refractivity contribution >= 4 is 5.82 Å². The Hall–Kier alpha value is -2.14. The number of nitrogens with two attached hydrogens (primary N) is 1. The molecule has 0 fully saturated rings. The first-order valence-corrected chi connectivity index (χ1v) is 7.29. The summed E-state index contributed by atoms with van der Waals surface area (Å²) in [7, 11) is 0. The van der Waals surface area contributed by atoms with Crippen LogP contribution in [0.3, 0.4) is 0 Å². The van der Waals surface area contributed by atoms with Crippen molar-refractivity contribution in [1.82, 2.24) is 9.97 Å². The number of benzene rings is 1. The van der Waals surface area contributed by atoms with Crippen molar-refractivity contribution in [3.05, 3.63) is 41.7 Å². The summed E-state index contributed by atoms with van der Waals surface area (Å²) in [6.07, 6.45) is 1.78. The van der Waals surface area contributed by atoms with E-state index in [1.54, 1.807) is 6.07 Å². The lowest BCUT2D eigenvalue weighted by Crippen LogP contribution is -2.10. The zero-order valence-corrected chi connectivity index (χ0v) is 12.8. The number of nitrogens with zero attached hydrogens (tertiary/aromatic N) is 2. The van der Waals surface area contributed by atoms with Gasteiger partial charge in [-0.25, -0.2) is 10.8 Å². The number of hydrazine groups is 1. The van der Waals surface area contributed by atoms with Crippen LogP contribution in [0.2, 0.25) is 0 Å². The summed E-state index contributed by atoms with van der Waals surface area (Å²) < 4.78 is 5.97. The Kier molecular flexibility index (Phi) is 5.11. The Labute approximate surface area is 125 Å². The lowest BCUT2D eigenvalue weighted by molar-refractivity contribution is 0.448. The van der Waals surface area contributed by atoms with Gasteiger partial charge in [-0.1, -0.05) is 39.0 Å². The van der Waals surface area contributed by atoms with Crippen LogP contribution in [0.15, 0.2) is 30.3 Å². The standard InChI is InChI=1S/C16H22N4O/c1-4-11(3)12-8-6-7-9-13(12)21-16-10-15(20-17)18-14(5-2)19-16/h6-11H,4-5,17H2,1-3H3,(H,18,19,20). The topological polar surface area (TPSA) is 73.1 Å². The molecule has 0 amide bonds. The van der Waals surface area contributed by atoms with Crippen molar-refractivity contribution in [1.29, 1.82) is 0 Å². The summed E-state index contributed by atoms with van der Waals surface area (Å²) in [5, 5.41) is 0. The molecule has 1 atom stereocenters. The minimum atomic E-state index is 0.431. The van der Waals surface area contributed by atoms with E-state index in [0.717, 1.165) is 18.6 Å². The van der Waals surface area contributed by atoms with Crippen molar-refractivity contribution in [3.63, 3.8) is 0 Å². The van der Waals surface area contributed by atoms with Crippen molar-refractivity contribution < 1.29 is 4.74 Å². The third-order valence-electron chi connectivity index (χ3n) is 3.49. The molecule has 0 aliphatic rings. The van der Waals surface area contributed by atoms with Gasteiger partial charge in [0.25, 0.3) is 0 Å². The third-order valence-corrected chi connectivity index (χ3v) is 3.49. The number of hydrogen-bond donors (Lipinski definition) is 2. The van der Waals surface area contributed by atoms with Crippen LogP contribution in [-0.2, 0) is 6.42 Å². The van der Waals surface area contributed by atoms with E-state index in [1.165, 1.54) is 5.56 Å². The Bertz CT molecular complexity index is 578. The minimum absolute atomic E-state index is 0.431. The summed E-state index contributed by atoms with van der Waals surface area (Å²) in [5.41, 5.74) is 3.72. The lowest BCUT2D eigenvalue weighted by Gasteiger charge is -2.15. The third kappa shape index (κ3) is 3.70. The van der Waals surface area contributed by atoms with Crippen LogP contribution < -0.4 is 16.0 Å². The van der Waals surface area contributed by atoms with Gasteiger partial charge in [0, 0.05) is 12.5 Å². The Morgan fingerprint density at radius 3 is 2.67 bits per heavy atom. The first-order chi connectivity index (χ1) is 10.2. The van der Waals surface area contributed by atoms with Gasteiger partial charge in [0.15, 0.2) is 0 Å². The molecule has 21 heavy (non-hydrogen) atoms. The predicted molar refractivity (Wildman–Crippen MR) is 84.4 cm³/mol. The number of anilines is 1. The Balaban J connectivity index is 2.34. The van der Waals surface area contributed by atoms with Gasteiger partial charge >= 0.3 is 0 Å². The van der Waals surface area contributed by atoms with Crippen LogP contribution >= 0.6 is 0 Å². The monoisotopic (exact) mass is 286 g/mol. The van der Waals surface area contributed by atoms with Crippen LogP contribution in [-0.4, -0.2) is 9.97 Å². The normalized spacial score (nSPS) is 12.0. The summed E-state index contributed by atoms with van der Waals surface area (Å²) in [6.45, 7) is 6.34. The van der Waals surface area contributed by atoms with E-state index in [4.69, 9.17) is 10.6 Å². The first kappa shape index (κ1) is 15.3. The van der Waals surface area contributed by atoms with Crippen LogP contribution in [0.1, 0.15) is 44.5 Å². The molecule has 0 saturated carbocycles. The largest absolute Gasteiger partial charge is 0.439 e. The SMILES string of the molecule is CCc1nc(NN)cc(Oc2ccccc2C(C)CC)n1. The van der Waals surface area contributed by atoms with E-state index in [0.29, 0.717) is 23.4 Å². The number of aromatic nitrogens is 2. The van der Waals surface area contributed by atoms with Gasteiger partial charge in [-0.15, -0.1) is 0 Å². The van der Waals surface area contributed by atoms with Crippen LogP contribution in [0.5, 0.6) is 11.6 Å². The zero-order chi connectivity index (χ0) is 15.2. The van der Waals surface area contributed by atoms with E-state index in [-0.39, 0.29) is 0 Å². The number of nitrogen functional groups attached to an aromatic ring is 1. The number of para-hydroxylation sites is 1. The van der Waals surface area contributed by atoms with Gasteiger partial charge in [0.05, 0.1) is 0 Å². The molecule has 0 saturated heterocycles. The van der Waals surface area contributed by atoms with Gasteiger partial charge < -0.3 is 10.2 Å². The van der Waals surface area contributed by atoms with E-state index in [2.05, 4.69) is 35.3 Å². The second-order valence-corrected chi connectivity index (χ2v) is 4.95. The molecular weight excluding hydrogens is 264 g/mol. The molecule has 112 valence electrons. The molecule has 5 nitrogen and oxygen atoms in total. The summed E-state index contributed by atoms with van der Waals surface area (Å²) in [6, 6.07) is 9.74. The molecule has 0 aliphatic heterocycles. The summed E-state index contributed by atoms with van der Waals surface area (Å²) in [4.78, 5) is 8.65. The molecule has 1 aromatic heterocycles. The number of nitrogens with one attached hydrogen (secondary N) is 1. The smallest absolute Gasteiger partial charge is 0.224 e. The predicted octanol–water partition coefficient (Wildman–Crippen LogP) is 3.63. The Morgan fingerprint density at radius 2 is 2.00 bits per heavy atom. The highest BCUT2D eigenvalue weighted by Crippen LogP contribution is 2.31. The van der Waals surface area contributed by atoms with Crippen molar-refractivity contribution in [2.24, 2.45) is 5.84 Å². The maximum atomic E-state index is 5.97. The van der Waals surface area contributed by atoms with E-state index in [1.807, 2.05) is 25.1 Å². The number of rotatable bonds is 6. The molecule has 0 aliphatic carbocycles. The second kappa shape index (κ2) is 7.04. The average Bonchev–Trinajstić information content (AvgIpc) is 2.54. The fourth-order valence-corrected chi connectivity index (χ4v) is 2.07. The molecule has 3 N–H and O–H groups in total. The molecule has 2 rings (SSSR count). The molecule has 0 bridgehead atoms. The Morgan fingerprint density at radius 1 is 1.24 bits per heavy atom. The molecular formula is C16H22N4O. The maximum absolute atomic E-state index is 5.97. The van der Waals surface area contributed by atoms with Crippen molar-refractivity contribution in [2.45, 2.75) is 39.5 Å². The summed E-state index contributed by atoms with van der Waals surface area (Å²) >= 11 is 0. The van der Waals surface area contributed by atoms with Crippen LogP contribution in [0.25, 0.3) is 0 Å². The number of aryl methyl sites for hydroxylation is 1. The molecule has 0 radical (unpaired) electrons. The van der Waals surface area contributed by atoms with Gasteiger partial charge in [0.1, 0.15) is 17.4 Å². The summed E-state index contributed by atoms with van der Waals surface area (Å²) in [5.74, 6) is 8.45. The molecule has 1 unspecified atom stereocenters. The fraction of sp³-hybridized carbons (Fsp3) is 0.375. The van der Waals surface area contributed by atoms with Crippen LogP contribution in [0.4, 0.5) is 5.82 Å². The lowest BCUT2D eigenvalue weighted by atomic mass is 9.98. The highest BCUT2D eigenvalue weighted by atomic mass is 16.5.